The van der Waals surface area contributed by atoms with Crippen molar-refractivity contribution in [1.82, 2.24) is 5.32 Å². The Labute approximate surface area is 114 Å². The highest BCUT2D eigenvalue weighted by atomic mass is 19.2. The van der Waals surface area contributed by atoms with Crippen LogP contribution in [0.4, 0.5) is 13.2 Å². The Bertz CT molecular complexity index is 522. The fourth-order valence-corrected chi connectivity index (χ4v) is 2.20. The van der Waals surface area contributed by atoms with Crippen molar-refractivity contribution in [2.45, 2.75) is 26.3 Å². The van der Waals surface area contributed by atoms with E-state index in [0.29, 0.717) is 0 Å². The van der Waals surface area contributed by atoms with E-state index in [0.717, 1.165) is 18.6 Å². The highest BCUT2D eigenvalue weighted by molar-refractivity contribution is 5.82. The number of benzene rings is 1. The van der Waals surface area contributed by atoms with Crippen molar-refractivity contribution in [3.8, 4) is 0 Å². The van der Waals surface area contributed by atoms with Gasteiger partial charge in [-0.15, -0.1) is 0 Å². The van der Waals surface area contributed by atoms with Crippen molar-refractivity contribution in [2.75, 3.05) is 6.61 Å². The van der Waals surface area contributed by atoms with Gasteiger partial charge in [-0.3, -0.25) is 4.79 Å². The molecular formula is C14H16F3NO2. The lowest BCUT2D eigenvalue weighted by Gasteiger charge is -2.18. The highest BCUT2D eigenvalue weighted by Crippen LogP contribution is 2.51. The fourth-order valence-electron chi connectivity index (χ4n) is 2.20. The van der Waals surface area contributed by atoms with Gasteiger partial charge in [0, 0.05) is 5.92 Å². The van der Waals surface area contributed by atoms with Gasteiger partial charge in [0.15, 0.2) is 17.5 Å². The fraction of sp³-hybridized carbons (Fsp3) is 0.500. The Morgan fingerprint density at radius 3 is 2.30 bits per heavy atom. The van der Waals surface area contributed by atoms with Gasteiger partial charge in [-0.25, -0.2) is 13.2 Å². The van der Waals surface area contributed by atoms with Crippen LogP contribution in [0.2, 0.25) is 0 Å². The summed E-state index contributed by atoms with van der Waals surface area (Å²) < 4.78 is 39.2. The average Bonchev–Trinajstić information content (AvgIpc) is 3.01. The second-order valence-corrected chi connectivity index (χ2v) is 5.79. The zero-order valence-electron chi connectivity index (χ0n) is 11.2. The number of carbonyl (C=O) groups is 1. The smallest absolute Gasteiger partial charge is 0.224 e. The Hall–Kier alpha value is -1.56. The number of nitrogens with one attached hydrogen (secondary N) is 1. The van der Waals surface area contributed by atoms with Crippen molar-refractivity contribution in [1.29, 1.82) is 0 Å². The minimum absolute atomic E-state index is 0.00398. The number of hydrogen-bond acceptors (Lipinski definition) is 2. The lowest BCUT2D eigenvalue weighted by atomic mass is 10.1. The van der Waals surface area contributed by atoms with Gasteiger partial charge in [0.25, 0.3) is 0 Å². The molecule has 0 aromatic heterocycles. The lowest BCUT2D eigenvalue weighted by molar-refractivity contribution is -0.124. The maximum absolute atomic E-state index is 13.2. The van der Waals surface area contributed by atoms with E-state index in [1.165, 1.54) is 0 Å². The molecule has 1 amide bonds. The molecule has 1 aromatic carbocycles. The van der Waals surface area contributed by atoms with Crippen LogP contribution in [0.1, 0.15) is 31.9 Å². The topological polar surface area (TPSA) is 49.3 Å². The van der Waals surface area contributed by atoms with Crippen molar-refractivity contribution in [3.63, 3.8) is 0 Å². The summed E-state index contributed by atoms with van der Waals surface area (Å²) in [5.74, 6) is -4.72. The Morgan fingerprint density at radius 2 is 1.90 bits per heavy atom. The number of amides is 1. The summed E-state index contributed by atoms with van der Waals surface area (Å²) in [4.78, 5) is 11.9. The van der Waals surface area contributed by atoms with Gasteiger partial charge in [-0.2, -0.15) is 0 Å². The predicted molar refractivity (Wildman–Crippen MR) is 66.2 cm³/mol. The molecular weight excluding hydrogens is 271 g/mol. The lowest BCUT2D eigenvalue weighted by Crippen LogP contribution is -2.33. The van der Waals surface area contributed by atoms with Gasteiger partial charge < -0.3 is 10.4 Å². The van der Waals surface area contributed by atoms with Crippen LogP contribution in [-0.4, -0.2) is 17.6 Å². The molecule has 0 saturated heterocycles. The molecule has 1 saturated carbocycles. The molecule has 110 valence electrons. The van der Waals surface area contributed by atoms with Gasteiger partial charge in [-0.05, 0) is 29.5 Å². The Balaban J connectivity index is 2.15. The summed E-state index contributed by atoms with van der Waals surface area (Å²) >= 11 is 0. The zero-order chi connectivity index (χ0) is 15.1. The third-order valence-corrected chi connectivity index (χ3v) is 3.74. The standard InChI is InChI=1S/C14H16F3NO2/c1-14(2)5-8(14)13(20)18-11(6-19)7-3-9(15)12(17)10(16)4-7/h3-4,8,11,19H,5-6H2,1-2H3,(H,18,20)/t8-,11?/m1/s1. The molecule has 3 nitrogen and oxygen atoms in total. The van der Waals surface area contributed by atoms with E-state index < -0.39 is 30.1 Å². The molecule has 2 N–H and O–H groups in total. The second-order valence-electron chi connectivity index (χ2n) is 5.79. The van der Waals surface area contributed by atoms with E-state index in [1.807, 2.05) is 13.8 Å². The van der Waals surface area contributed by atoms with Gasteiger partial charge >= 0.3 is 0 Å². The minimum atomic E-state index is -1.57. The van der Waals surface area contributed by atoms with Gasteiger partial charge in [0.2, 0.25) is 5.91 Å². The molecule has 1 aromatic rings. The van der Waals surface area contributed by atoms with Crippen molar-refractivity contribution in [3.05, 3.63) is 35.1 Å². The molecule has 1 fully saturated rings. The normalized spacial score (nSPS) is 21.4. The molecule has 20 heavy (non-hydrogen) atoms. The zero-order valence-corrected chi connectivity index (χ0v) is 11.2. The van der Waals surface area contributed by atoms with Crippen LogP contribution in [0.15, 0.2) is 12.1 Å². The molecule has 2 atom stereocenters. The third-order valence-electron chi connectivity index (χ3n) is 3.74. The largest absolute Gasteiger partial charge is 0.394 e. The molecule has 1 aliphatic carbocycles. The van der Waals surface area contributed by atoms with E-state index in [9.17, 15) is 23.1 Å². The van der Waals surface area contributed by atoms with Gasteiger partial charge in [0.1, 0.15) is 0 Å². The molecule has 2 rings (SSSR count). The van der Waals surface area contributed by atoms with E-state index in [1.54, 1.807) is 0 Å². The summed E-state index contributed by atoms with van der Waals surface area (Å²) in [6.45, 7) is 3.34. The maximum atomic E-state index is 13.2. The molecule has 0 heterocycles. The molecule has 0 bridgehead atoms. The number of aliphatic hydroxyl groups excluding tert-OH is 1. The summed E-state index contributed by atoms with van der Waals surface area (Å²) in [7, 11) is 0. The summed E-state index contributed by atoms with van der Waals surface area (Å²) in [6, 6.07) is 0.596. The van der Waals surface area contributed by atoms with Crippen molar-refractivity contribution < 1.29 is 23.1 Å². The molecule has 0 spiro atoms. The Morgan fingerprint density at radius 1 is 1.40 bits per heavy atom. The quantitative estimate of drug-likeness (QED) is 0.835. The number of halogens is 3. The average molecular weight is 287 g/mol. The minimum Gasteiger partial charge on any atom is -0.394 e. The molecule has 6 heteroatoms. The van der Waals surface area contributed by atoms with Crippen LogP contribution in [-0.2, 0) is 4.79 Å². The van der Waals surface area contributed by atoms with Gasteiger partial charge in [-0.1, -0.05) is 13.8 Å². The number of carbonyl (C=O) groups excluding carboxylic acids is 1. The first-order valence-electron chi connectivity index (χ1n) is 6.32. The van der Waals surface area contributed by atoms with Crippen molar-refractivity contribution >= 4 is 5.91 Å². The summed E-state index contributed by atoms with van der Waals surface area (Å²) in [6.07, 6.45) is 0.725. The maximum Gasteiger partial charge on any atom is 0.224 e. The van der Waals surface area contributed by atoms with Crippen LogP contribution in [0.5, 0.6) is 0 Å². The number of hydrogen-bond donors (Lipinski definition) is 2. The first kappa shape index (κ1) is 14.8. The number of aliphatic hydroxyl groups is 1. The van der Waals surface area contributed by atoms with Crippen LogP contribution >= 0.6 is 0 Å². The first-order chi connectivity index (χ1) is 9.26. The Kier molecular flexibility index (Phi) is 3.77. The van der Waals surface area contributed by atoms with Crippen LogP contribution in [0.25, 0.3) is 0 Å². The van der Waals surface area contributed by atoms with Crippen LogP contribution in [0, 0.1) is 28.8 Å². The van der Waals surface area contributed by atoms with Crippen LogP contribution in [0.3, 0.4) is 0 Å². The van der Waals surface area contributed by atoms with E-state index >= 15 is 0 Å². The second kappa shape index (κ2) is 5.09. The molecule has 1 unspecified atom stereocenters. The summed E-state index contributed by atoms with van der Waals surface area (Å²) in [5.41, 5.74) is -0.0978. The van der Waals surface area contributed by atoms with Crippen molar-refractivity contribution in [2.24, 2.45) is 11.3 Å². The molecule has 1 aliphatic rings. The summed E-state index contributed by atoms with van der Waals surface area (Å²) in [5, 5.41) is 11.8. The van der Waals surface area contributed by atoms with E-state index in [4.69, 9.17) is 0 Å². The monoisotopic (exact) mass is 287 g/mol. The van der Waals surface area contributed by atoms with E-state index in [-0.39, 0.29) is 22.8 Å². The number of rotatable bonds is 4. The highest BCUT2D eigenvalue weighted by Gasteiger charge is 2.50. The SMILES string of the molecule is CC1(C)C[C@@H]1C(=O)NC(CO)c1cc(F)c(F)c(F)c1. The van der Waals surface area contributed by atoms with E-state index in [2.05, 4.69) is 5.32 Å². The third kappa shape index (κ3) is 2.80. The van der Waals surface area contributed by atoms with Crippen LogP contribution < -0.4 is 5.32 Å². The first-order valence-corrected chi connectivity index (χ1v) is 6.32. The molecule has 0 radical (unpaired) electrons. The van der Waals surface area contributed by atoms with Gasteiger partial charge in [0.05, 0.1) is 12.6 Å². The molecule has 0 aliphatic heterocycles. The predicted octanol–water partition coefficient (Wildman–Crippen LogP) is 2.30.